The van der Waals surface area contributed by atoms with Crippen LogP contribution in [0.15, 0.2) is 67.0 Å². The Balaban J connectivity index is 1.42. The number of rotatable bonds is 8. The zero-order valence-electron chi connectivity index (χ0n) is 17.0. The van der Waals surface area contributed by atoms with Gasteiger partial charge in [-0.2, -0.15) is 0 Å². The minimum atomic E-state index is -0.0399. The summed E-state index contributed by atoms with van der Waals surface area (Å²) in [6.07, 6.45) is 2.43. The molecule has 7 heteroatoms. The number of aromatic nitrogens is 5. The van der Waals surface area contributed by atoms with Gasteiger partial charge in [0.25, 0.3) is 0 Å². The maximum Gasteiger partial charge on any atom is 0.202 e. The molecule has 0 saturated carbocycles. The summed E-state index contributed by atoms with van der Waals surface area (Å²) in [7, 11) is 0. The van der Waals surface area contributed by atoms with E-state index in [1.807, 2.05) is 56.3 Å². The van der Waals surface area contributed by atoms with Crippen molar-refractivity contribution in [2.45, 2.75) is 26.8 Å². The maximum atomic E-state index is 12.8. The zero-order chi connectivity index (χ0) is 20.9. The first kappa shape index (κ1) is 19.6. The van der Waals surface area contributed by atoms with Gasteiger partial charge in [-0.25, -0.2) is 4.68 Å². The van der Waals surface area contributed by atoms with Crippen LogP contribution in [-0.2, 0) is 13.0 Å². The summed E-state index contributed by atoms with van der Waals surface area (Å²) in [5.74, 6) is 0.552. The van der Waals surface area contributed by atoms with Gasteiger partial charge in [-0.05, 0) is 54.5 Å². The average molecular weight is 401 g/mol. The lowest BCUT2D eigenvalue weighted by Gasteiger charge is -2.10. The second kappa shape index (κ2) is 8.73. The molecule has 0 amide bonds. The van der Waals surface area contributed by atoms with Crippen molar-refractivity contribution in [1.29, 1.82) is 0 Å². The summed E-state index contributed by atoms with van der Waals surface area (Å²) < 4.78 is 9.48. The molecule has 0 radical (unpaired) electrons. The molecule has 2 aromatic carbocycles. The Morgan fingerprint density at radius 1 is 1.03 bits per heavy atom. The number of ether oxygens (including phenoxy) is 1. The van der Waals surface area contributed by atoms with E-state index in [2.05, 4.69) is 32.2 Å². The number of ketones is 1. The highest BCUT2D eigenvalue weighted by molar-refractivity contribution is 5.98. The van der Waals surface area contributed by atoms with E-state index in [-0.39, 0.29) is 12.4 Å². The quantitative estimate of drug-likeness (QED) is 0.422. The van der Waals surface area contributed by atoms with Crippen LogP contribution in [0.4, 0.5) is 0 Å². The molecule has 0 atom stereocenters. The van der Waals surface area contributed by atoms with Crippen molar-refractivity contribution >= 4 is 5.78 Å². The summed E-state index contributed by atoms with van der Waals surface area (Å²) in [6, 6.07) is 19.6. The number of tetrazole rings is 1. The smallest absolute Gasteiger partial charge is 0.202 e. The minimum Gasteiger partial charge on any atom is -0.485 e. The number of nitrogens with zero attached hydrogens (tertiary/aromatic N) is 5. The number of carbonyl (C=O) groups is 1. The monoisotopic (exact) mass is 401 g/mol. The van der Waals surface area contributed by atoms with Crippen LogP contribution in [0.1, 0.15) is 27.3 Å². The molecule has 0 aliphatic rings. The largest absolute Gasteiger partial charge is 0.485 e. The van der Waals surface area contributed by atoms with Gasteiger partial charge in [-0.1, -0.05) is 36.4 Å². The van der Waals surface area contributed by atoms with Crippen molar-refractivity contribution in [3.05, 3.63) is 89.5 Å². The summed E-state index contributed by atoms with van der Waals surface area (Å²) in [4.78, 5) is 12.8. The van der Waals surface area contributed by atoms with E-state index in [4.69, 9.17) is 4.74 Å². The number of hydrogen-bond acceptors (Lipinski definition) is 5. The number of aryl methyl sites for hydroxylation is 2. The van der Waals surface area contributed by atoms with Crippen LogP contribution in [0.5, 0.6) is 5.75 Å². The van der Waals surface area contributed by atoms with Crippen molar-refractivity contribution in [1.82, 2.24) is 24.8 Å². The van der Waals surface area contributed by atoms with Gasteiger partial charge in [0, 0.05) is 29.6 Å². The molecular weight excluding hydrogens is 378 g/mol. The lowest BCUT2D eigenvalue weighted by molar-refractivity contribution is 0.0920. The molecule has 0 aliphatic heterocycles. The molecule has 0 spiro atoms. The van der Waals surface area contributed by atoms with Gasteiger partial charge in [0.05, 0.1) is 5.69 Å². The molecule has 7 nitrogen and oxygen atoms in total. The summed E-state index contributed by atoms with van der Waals surface area (Å²) >= 11 is 0. The molecular formula is C23H23N5O2. The number of carbonyl (C=O) groups excluding carboxylic acids is 1. The fourth-order valence-corrected chi connectivity index (χ4v) is 3.54. The number of hydrogen-bond donors (Lipinski definition) is 0. The van der Waals surface area contributed by atoms with Gasteiger partial charge in [-0.15, -0.1) is 5.10 Å². The normalized spacial score (nSPS) is 10.9. The van der Waals surface area contributed by atoms with Crippen LogP contribution in [0.25, 0.3) is 5.69 Å². The van der Waals surface area contributed by atoms with Crippen molar-refractivity contribution in [2.24, 2.45) is 0 Å². The van der Waals surface area contributed by atoms with Crippen LogP contribution >= 0.6 is 0 Å². The highest BCUT2D eigenvalue weighted by atomic mass is 16.5. The second-order valence-electron chi connectivity index (χ2n) is 7.14. The standard InChI is InChI=1S/C23H23N5O2/c1-17-13-22(18(2)27(17)12-11-19-7-4-3-5-8-19)23(29)15-30-21-10-6-9-20(14-21)28-16-24-25-26-28/h3-10,13-14,16H,11-12,15H2,1-2H3. The molecule has 4 aromatic rings. The number of benzene rings is 2. The first-order chi connectivity index (χ1) is 14.6. The third-order valence-corrected chi connectivity index (χ3v) is 5.14. The Hall–Kier alpha value is -3.74. The van der Waals surface area contributed by atoms with Gasteiger partial charge in [0.15, 0.2) is 6.61 Å². The van der Waals surface area contributed by atoms with Gasteiger partial charge >= 0.3 is 0 Å². The van der Waals surface area contributed by atoms with Crippen molar-refractivity contribution in [3.8, 4) is 11.4 Å². The Kier molecular flexibility index (Phi) is 5.70. The molecule has 4 rings (SSSR count). The lowest BCUT2D eigenvalue weighted by Crippen LogP contribution is -2.13. The molecule has 2 aromatic heterocycles. The third-order valence-electron chi connectivity index (χ3n) is 5.14. The Bertz CT molecular complexity index is 1130. The van der Waals surface area contributed by atoms with E-state index < -0.39 is 0 Å². The second-order valence-corrected chi connectivity index (χ2v) is 7.14. The van der Waals surface area contributed by atoms with E-state index in [0.29, 0.717) is 11.3 Å². The lowest BCUT2D eigenvalue weighted by atomic mass is 10.1. The first-order valence-electron chi connectivity index (χ1n) is 9.82. The SMILES string of the molecule is Cc1cc(C(=O)COc2cccc(-n3cnnn3)c2)c(C)n1CCc1ccccc1. The molecule has 30 heavy (non-hydrogen) atoms. The Labute approximate surface area is 174 Å². The summed E-state index contributed by atoms with van der Waals surface area (Å²) in [6.45, 7) is 4.83. The predicted molar refractivity (Wildman–Crippen MR) is 113 cm³/mol. The zero-order valence-corrected chi connectivity index (χ0v) is 17.0. The van der Waals surface area contributed by atoms with E-state index in [1.54, 1.807) is 6.07 Å². The predicted octanol–water partition coefficient (Wildman–Crippen LogP) is 3.59. The van der Waals surface area contributed by atoms with Crippen LogP contribution < -0.4 is 4.74 Å². The van der Waals surface area contributed by atoms with E-state index in [9.17, 15) is 4.79 Å². The van der Waals surface area contributed by atoms with Crippen LogP contribution in [0.3, 0.4) is 0 Å². The topological polar surface area (TPSA) is 74.8 Å². The minimum absolute atomic E-state index is 0.0258. The highest BCUT2D eigenvalue weighted by Gasteiger charge is 2.16. The number of Topliss-reactive ketones (excluding diaryl/α,β-unsaturated/α-hetero) is 1. The first-order valence-corrected chi connectivity index (χ1v) is 9.82. The third kappa shape index (κ3) is 4.30. The van der Waals surface area contributed by atoms with Gasteiger partial charge < -0.3 is 9.30 Å². The molecule has 0 bridgehead atoms. The van der Waals surface area contributed by atoms with Crippen molar-refractivity contribution < 1.29 is 9.53 Å². The van der Waals surface area contributed by atoms with E-state index in [1.165, 1.54) is 16.6 Å². The Morgan fingerprint density at radius 2 is 1.87 bits per heavy atom. The molecule has 0 saturated heterocycles. The molecule has 0 aliphatic carbocycles. The Morgan fingerprint density at radius 3 is 2.63 bits per heavy atom. The van der Waals surface area contributed by atoms with E-state index in [0.717, 1.165) is 30.0 Å². The van der Waals surface area contributed by atoms with Gasteiger partial charge in [0.1, 0.15) is 12.1 Å². The van der Waals surface area contributed by atoms with Gasteiger partial charge in [0.2, 0.25) is 5.78 Å². The molecule has 2 heterocycles. The molecule has 0 unspecified atom stereocenters. The molecule has 0 N–H and O–H groups in total. The van der Waals surface area contributed by atoms with Crippen molar-refractivity contribution in [3.63, 3.8) is 0 Å². The fraction of sp³-hybridized carbons (Fsp3) is 0.217. The van der Waals surface area contributed by atoms with Crippen LogP contribution in [0.2, 0.25) is 0 Å². The molecule has 0 fully saturated rings. The fourth-order valence-electron chi connectivity index (χ4n) is 3.54. The van der Waals surface area contributed by atoms with Crippen LogP contribution in [0, 0.1) is 13.8 Å². The maximum absolute atomic E-state index is 12.8. The van der Waals surface area contributed by atoms with Gasteiger partial charge in [-0.3, -0.25) is 4.79 Å². The van der Waals surface area contributed by atoms with E-state index >= 15 is 0 Å². The highest BCUT2D eigenvalue weighted by Crippen LogP contribution is 2.19. The van der Waals surface area contributed by atoms with Crippen molar-refractivity contribution in [2.75, 3.05) is 6.61 Å². The molecule has 152 valence electrons. The van der Waals surface area contributed by atoms with Crippen LogP contribution in [-0.4, -0.2) is 37.2 Å². The summed E-state index contributed by atoms with van der Waals surface area (Å²) in [5.41, 5.74) is 4.80. The summed E-state index contributed by atoms with van der Waals surface area (Å²) in [5, 5.41) is 11.1. The average Bonchev–Trinajstić information content (AvgIpc) is 3.40.